The van der Waals surface area contributed by atoms with Crippen LogP contribution in [0.4, 0.5) is 0 Å². The van der Waals surface area contributed by atoms with E-state index in [1.807, 2.05) is 0 Å². The molecule has 1 rings (SSSR count). The van der Waals surface area contributed by atoms with Gasteiger partial charge in [0.05, 0.1) is 6.26 Å². The van der Waals surface area contributed by atoms with E-state index in [1.165, 1.54) is 10.6 Å². The summed E-state index contributed by atoms with van der Waals surface area (Å²) in [5, 5.41) is 0. The molecule has 1 atom stereocenters. The minimum atomic E-state index is -3.03. The standard InChI is InChI=1S/C9H20N2O2S/c1-8(2)11-6-5-9(7-11)10(3)14(4,12)13/h8-9H,5-7H2,1-4H3. The van der Waals surface area contributed by atoms with Gasteiger partial charge in [0.1, 0.15) is 0 Å². The number of likely N-dealkylation sites (tertiary alicyclic amines) is 1. The monoisotopic (exact) mass is 220 g/mol. The Hall–Kier alpha value is -0.130. The highest BCUT2D eigenvalue weighted by atomic mass is 32.2. The predicted octanol–water partition coefficient (Wildman–Crippen LogP) is 0.361. The zero-order chi connectivity index (χ0) is 10.9. The van der Waals surface area contributed by atoms with Gasteiger partial charge in [-0.3, -0.25) is 4.90 Å². The van der Waals surface area contributed by atoms with Gasteiger partial charge in [-0.05, 0) is 20.3 Å². The minimum absolute atomic E-state index is 0.160. The summed E-state index contributed by atoms with van der Waals surface area (Å²) < 4.78 is 24.1. The number of nitrogens with zero attached hydrogens (tertiary/aromatic N) is 2. The Morgan fingerprint density at radius 2 is 2.00 bits per heavy atom. The topological polar surface area (TPSA) is 40.6 Å². The van der Waals surface area contributed by atoms with Gasteiger partial charge >= 0.3 is 0 Å². The van der Waals surface area contributed by atoms with Crippen LogP contribution in [0, 0.1) is 0 Å². The number of rotatable bonds is 3. The molecule has 1 saturated heterocycles. The average molecular weight is 220 g/mol. The molecular weight excluding hydrogens is 200 g/mol. The SMILES string of the molecule is CC(C)N1CCC(N(C)S(C)(=O)=O)C1. The number of sulfonamides is 1. The highest BCUT2D eigenvalue weighted by molar-refractivity contribution is 7.88. The van der Waals surface area contributed by atoms with E-state index in [4.69, 9.17) is 0 Å². The van der Waals surface area contributed by atoms with Crippen LogP contribution in [-0.2, 0) is 10.0 Å². The van der Waals surface area contributed by atoms with Crippen molar-refractivity contribution in [3.63, 3.8) is 0 Å². The first-order valence-electron chi connectivity index (χ1n) is 4.99. The van der Waals surface area contributed by atoms with Crippen LogP contribution in [-0.4, -0.2) is 56.1 Å². The van der Waals surface area contributed by atoms with E-state index in [9.17, 15) is 8.42 Å². The Morgan fingerprint density at radius 1 is 1.43 bits per heavy atom. The van der Waals surface area contributed by atoms with Crippen molar-refractivity contribution >= 4 is 10.0 Å². The lowest BCUT2D eigenvalue weighted by Crippen LogP contribution is -2.39. The maximum absolute atomic E-state index is 11.3. The van der Waals surface area contributed by atoms with Gasteiger partial charge in [0.2, 0.25) is 10.0 Å². The Balaban J connectivity index is 2.59. The van der Waals surface area contributed by atoms with Crippen molar-refractivity contribution in [2.24, 2.45) is 0 Å². The van der Waals surface area contributed by atoms with Gasteiger partial charge < -0.3 is 0 Å². The van der Waals surface area contributed by atoms with E-state index in [-0.39, 0.29) is 6.04 Å². The quantitative estimate of drug-likeness (QED) is 0.689. The van der Waals surface area contributed by atoms with Crippen LogP contribution < -0.4 is 0 Å². The third kappa shape index (κ3) is 2.68. The molecule has 84 valence electrons. The first kappa shape index (κ1) is 11.9. The zero-order valence-corrected chi connectivity index (χ0v) is 10.2. The molecule has 0 aromatic heterocycles. The summed E-state index contributed by atoms with van der Waals surface area (Å²) in [6.45, 7) is 6.15. The number of hydrogen-bond acceptors (Lipinski definition) is 3. The molecule has 4 nitrogen and oxygen atoms in total. The highest BCUT2D eigenvalue weighted by Gasteiger charge is 2.30. The lowest BCUT2D eigenvalue weighted by Gasteiger charge is -2.24. The molecule has 0 saturated carbocycles. The summed E-state index contributed by atoms with van der Waals surface area (Å²) in [7, 11) is -1.36. The molecule has 1 unspecified atom stereocenters. The van der Waals surface area contributed by atoms with Crippen LogP contribution in [0.5, 0.6) is 0 Å². The molecule has 0 bridgehead atoms. The molecular formula is C9H20N2O2S. The molecule has 0 N–H and O–H groups in total. The van der Waals surface area contributed by atoms with Crippen LogP contribution in [0.15, 0.2) is 0 Å². The smallest absolute Gasteiger partial charge is 0.211 e. The summed E-state index contributed by atoms with van der Waals surface area (Å²) >= 11 is 0. The van der Waals surface area contributed by atoms with E-state index < -0.39 is 10.0 Å². The Labute approximate surface area is 86.9 Å². The van der Waals surface area contributed by atoms with Crippen LogP contribution in [0.25, 0.3) is 0 Å². The maximum Gasteiger partial charge on any atom is 0.211 e. The third-order valence-corrected chi connectivity index (χ3v) is 4.31. The Kier molecular flexibility index (Phi) is 3.55. The molecule has 0 aliphatic carbocycles. The van der Waals surface area contributed by atoms with Crippen molar-refractivity contribution in [2.45, 2.75) is 32.4 Å². The van der Waals surface area contributed by atoms with Gasteiger partial charge in [-0.2, -0.15) is 0 Å². The van der Waals surface area contributed by atoms with Crippen molar-refractivity contribution in [3.05, 3.63) is 0 Å². The van der Waals surface area contributed by atoms with Gasteiger partial charge in [-0.1, -0.05) is 0 Å². The second-order valence-electron chi connectivity index (χ2n) is 4.31. The second-order valence-corrected chi connectivity index (χ2v) is 6.35. The van der Waals surface area contributed by atoms with Crippen molar-refractivity contribution in [1.82, 2.24) is 9.21 Å². The van der Waals surface area contributed by atoms with Crippen molar-refractivity contribution in [2.75, 3.05) is 26.4 Å². The normalized spacial score (nSPS) is 25.1. The number of likely N-dealkylation sites (N-methyl/N-ethyl adjacent to an activating group) is 1. The van der Waals surface area contributed by atoms with Gasteiger partial charge in [-0.25, -0.2) is 12.7 Å². The molecule has 1 fully saturated rings. The fourth-order valence-electron chi connectivity index (χ4n) is 1.80. The molecule has 0 aromatic rings. The summed E-state index contributed by atoms with van der Waals surface area (Å²) in [4.78, 5) is 2.31. The zero-order valence-electron chi connectivity index (χ0n) is 9.40. The van der Waals surface area contributed by atoms with E-state index in [0.717, 1.165) is 19.5 Å². The fraction of sp³-hybridized carbons (Fsp3) is 1.00. The number of hydrogen-bond donors (Lipinski definition) is 0. The molecule has 1 aliphatic heterocycles. The van der Waals surface area contributed by atoms with Crippen molar-refractivity contribution < 1.29 is 8.42 Å². The van der Waals surface area contributed by atoms with Crippen LogP contribution in [0.1, 0.15) is 20.3 Å². The van der Waals surface area contributed by atoms with Gasteiger partial charge in [0.25, 0.3) is 0 Å². The van der Waals surface area contributed by atoms with Crippen LogP contribution >= 0.6 is 0 Å². The summed E-state index contributed by atoms with van der Waals surface area (Å²) in [6, 6.07) is 0.667. The fourth-order valence-corrected chi connectivity index (χ4v) is 2.52. The largest absolute Gasteiger partial charge is 0.299 e. The first-order valence-corrected chi connectivity index (χ1v) is 6.84. The van der Waals surface area contributed by atoms with Gasteiger partial charge in [-0.15, -0.1) is 0 Å². The molecule has 1 heterocycles. The first-order chi connectivity index (χ1) is 6.32. The van der Waals surface area contributed by atoms with E-state index >= 15 is 0 Å². The van der Waals surface area contributed by atoms with E-state index in [2.05, 4.69) is 18.7 Å². The molecule has 0 amide bonds. The van der Waals surface area contributed by atoms with Gasteiger partial charge in [0, 0.05) is 32.2 Å². The Bertz CT molecular complexity index is 287. The average Bonchev–Trinajstić information content (AvgIpc) is 2.48. The van der Waals surface area contributed by atoms with Crippen molar-refractivity contribution in [3.8, 4) is 0 Å². The summed E-state index contributed by atoms with van der Waals surface area (Å²) in [5.41, 5.74) is 0. The molecule has 1 aliphatic rings. The predicted molar refractivity (Wildman–Crippen MR) is 57.7 cm³/mol. The lowest BCUT2D eigenvalue weighted by molar-refractivity contribution is 0.256. The molecule has 14 heavy (non-hydrogen) atoms. The lowest BCUT2D eigenvalue weighted by atomic mass is 10.3. The van der Waals surface area contributed by atoms with Gasteiger partial charge in [0.15, 0.2) is 0 Å². The van der Waals surface area contributed by atoms with E-state index in [1.54, 1.807) is 7.05 Å². The molecule has 0 spiro atoms. The third-order valence-electron chi connectivity index (χ3n) is 2.96. The summed E-state index contributed by atoms with van der Waals surface area (Å²) in [5.74, 6) is 0. The Morgan fingerprint density at radius 3 is 2.36 bits per heavy atom. The minimum Gasteiger partial charge on any atom is -0.299 e. The van der Waals surface area contributed by atoms with Crippen LogP contribution in [0.2, 0.25) is 0 Å². The van der Waals surface area contributed by atoms with E-state index in [0.29, 0.717) is 6.04 Å². The molecule has 0 radical (unpaired) electrons. The molecule has 0 aromatic carbocycles. The second kappa shape index (κ2) is 4.16. The maximum atomic E-state index is 11.3. The molecule has 5 heteroatoms. The van der Waals surface area contributed by atoms with Crippen LogP contribution in [0.3, 0.4) is 0 Å². The highest BCUT2D eigenvalue weighted by Crippen LogP contribution is 2.18. The summed E-state index contributed by atoms with van der Waals surface area (Å²) in [6.07, 6.45) is 2.22. The van der Waals surface area contributed by atoms with Crippen molar-refractivity contribution in [1.29, 1.82) is 0 Å².